The second kappa shape index (κ2) is 8.62. The summed E-state index contributed by atoms with van der Waals surface area (Å²) in [6.07, 6.45) is 2.48. The van der Waals surface area contributed by atoms with Gasteiger partial charge in [0.15, 0.2) is 0 Å². The van der Waals surface area contributed by atoms with E-state index in [1.54, 1.807) is 0 Å². The smallest absolute Gasteiger partial charge is 0.330 e. The van der Waals surface area contributed by atoms with Crippen molar-refractivity contribution in [3.05, 3.63) is 36.2 Å². The van der Waals surface area contributed by atoms with E-state index in [2.05, 4.69) is 15.0 Å². The van der Waals surface area contributed by atoms with Crippen LogP contribution in [0.25, 0.3) is 0 Å². The van der Waals surface area contributed by atoms with Crippen molar-refractivity contribution in [1.82, 2.24) is 10.3 Å². The molecule has 8 heteroatoms. The highest BCUT2D eigenvalue weighted by Crippen LogP contribution is 2.12. The molecule has 21 heavy (non-hydrogen) atoms. The monoisotopic (exact) mass is 300 g/mol. The minimum Gasteiger partial charge on any atom is -0.486 e. The Labute approximate surface area is 119 Å². The molecule has 0 aliphatic carbocycles. The number of alkyl halides is 2. The van der Waals surface area contributed by atoms with Crippen LogP contribution in [0.4, 0.5) is 8.78 Å². The lowest BCUT2D eigenvalue weighted by Gasteiger charge is -2.06. The summed E-state index contributed by atoms with van der Waals surface area (Å²) in [5.41, 5.74) is 0.160. The van der Waals surface area contributed by atoms with E-state index in [0.717, 1.165) is 0 Å². The molecule has 0 saturated heterocycles. The fourth-order valence-electron chi connectivity index (χ4n) is 1.26. The Bertz CT molecular complexity index is 521. The summed E-state index contributed by atoms with van der Waals surface area (Å²) in [4.78, 5) is 26.3. The van der Waals surface area contributed by atoms with Gasteiger partial charge in [0.2, 0.25) is 0 Å². The predicted molar refractivity (Wildman–Crippen MR) is 69.2 cm³/mol. The molecular formula is C13H14F2N2O4. The Morgan fingerprint density at radius 2 is 2.19 bits per heavy atom. The number of esters is 1. The lowest BCUT2D eigenvalue weighted by molar-refractivity contribution is -0.134. The number of hydrogen-bond donors (Lipinski definition) is 1. The van der Waals surface area contributed by atoms with Gasteiger partial charge in [0.25, 0.3) is 12.3 Å². The number of rotatable bonds is 7. The third-order valence-corrected chi connectivity index (χ3v) is 2.19. The van der Waals surface area contributed by atoms with Gasteiger partial charge in [-0.3, -0.25) is 9.78 Å². The maximum atomic E-state index is 12.0. The topological polar surface area (TPSA) is 77.5 Å². The van der Waals surface area contributed by atoms with Gasteiger partial charge < -0.3 is 14.8 Å². The van der Waals surface area contributed by atoms with E-state index in [9.17, 15) is 18.4 Å². The van der Waals surface area contributed by atoms with E-state index < -0.39 is 24.9 Å². The molecule has 0 unspecified atom stereocenters. The first-order chi connectivity index (χ1) is 10.0. The molecule has 114 valence electrons. The second-order valence-corrected chi connectivity index (χ2v) is 3.75. The van der Waals surface area contributed by atoms with E-state index in [-0.39, 0.29) is 17.9 Å². The van der Waals surface area contributed by atoms with Gasteiger partial charge in [-0.15, -0.1) is 0 Å². The quantitative estimate of drug-likeness (QED) is 0.604. The average Bonchev–Trinajstić information content (AvgIpc) is 2.49. The number of amides is 1. The predicted octanol–water partition coefficient (Wildman–Crippen LogP) is 1.18. The van der Waals surface area contributed by atoms with Gasteiger partial charge in [0.1, 0.15) is 12.4 Å². The molecule has 0 fully saturated rings. The number of methoxy groups -OCH3 is 1. The van der Waals surface area contributed by atoms with E-state index in [1.165, 1.54) is 37.7 Å². The number of nitrogens with zero attached hydrogens (tertiary/aromatic N) is 1. The van der Waals surface area contributed by atoms with Gasteiger partial charge in [0, 0.05) is 18.8 Å². The summed E-state index contributed by atoms with van der Waals surface area (Å²) in [5.74, 6) is -0.930. The average molecular weight is 300 g/mol. The van der Waals surface area contributed by atoms with Crippen molar-refractivity contribution < 1.29 is 27.8 Å². The molecule has 1 rings (SSSR count). The fraction of sp³-hybridized carbons (Fsp3) is 0.308. The van der Waals surface area contributed by atoms with Crippen LogP contribution in [0.2, 0.25) is 0 Å². The van der Waals surface area contributed by atoms with Crippen LogP contribution in [0.3, 0.4) is 0 Å². The fourth-order valence-corrected chi connectivity index (χ4v) is 1.26. The lowest BCUT2D eigenvalue weighted by atomic mass is 10.2. The van der Waals surface area contributed by atoms with Gasteiger partial charge >= 0.3 is 5.97 Å². The molecule has 6 nitrogen and oxygen atoms in total. The van der Waals surface area contributed by atoms with Crippen LogP contribution in [0.5, 0.6) is 5.75 Å². The Morgan fingerprint density at radius 1 is 1.43 bits per heavy atom. The lowest BCUT2D eigenvalue weighted by Crippen LogP contribution is -2.23. The van der Waals surface area contributed by atoms with Crippen molar-refractivity contribution >= 4 is 11.9 Å². The molecule has 1 heterocycles. The molecule has 0 radical (unpaired) electrons. The number of nitrogens with one attached hydrogen (secondary N) is 1. The highest BCUT2D eigenvalue weighted by Gasteiger charge is 2.08. The summed E-state index contributed by atoms with van der Waals surface area (Å²) < 4.78 is 33.2. The first-order valence-corrected chi connectivity index (χ1v) is 5.91. The summed E-state index contributed by atoms with van der Waals surface area (Å²) >= 11 is 0. The van der Waals surface area contributed by atoms with Crippen LogP contribution >= 0.6 is 0 Å². The number of hydrogen-bond acceptors (Lipinski definition) is 5. The van der Waals surface area contributed by atoms with Crippen LogP contribution in [0.15, 0.2) is 30.6 Å². The highest BCUT2D eigenvalue weighted by atomic mass is 19.3. The van der Waals surface area contributed by atoms with E-state index in [4.69, 9.17) is 4.74 Å². The molecule has 1 amide bonds. The van der Waals surface area contributed by atoms with E-state index in [0.29, 0.717) is 0 Å². The maximum absolute atomic E-state index is 12.0. The molecule has 0 spiro atoms. The zero-order chi connectivity index (χ0) is 15.7. The molecule has 0 aliphatic rings. The molecule has 0 aromatic carbocycles. The Kier molecular flexibility index (Phi) is 6.79. The van der Waals surface area contributed by atoms with Crippen LogP contribution in [-0.2, 0) is 9.53 Å². The highest BCUT2D eigenvalue weighted by molar-refractivity contribution is 5.94. The van der Waals surface area contributed by atoms with Crippen molar-refractivity contribution in [3.63, 3.8) is 0 Å². The summed E-state index contributed by atoms with van der Waals surface area (Å²) in [7, 11) is 1.24. The number of carbonyl (C=O) groups excluding carboxylic acids is 2. The molecule has 0 atom stereocenters. The number of pyridine rings is 1. The largest absolute Gasteiger partial charge is 0.486 e. The molecule has 1 aromatic heterocycles. The van der Waals surface area contributed by atoms with Crippen molar-refractivity contribution in [1.29, 1.82) is 0 Å². The molecule has 1 N–H and O–H groups in total. The number of aromatic nitrogens is 1. The molecule has 0 saturated carbocycles. The summed E-state index contributed by atoms with van der Waals surface area (Å²) in [6, 6.07) is 1.30. The molecule has 0 aliphatic heterocycles. The van der Waals surface area contributed by atoms with Crippen LogP contribution in [0.1, 0.15) is 10.4 Å². The van der Waals surface area contributed by atoms with Crippen molar-refractivity contribution in [3.8, 4) is 5.75 Å². The maximum Gasteiger partial charge on any atom is 0.330 e. The molecule has 1 aromatic rings. The SMILES string of the molecule is COC(=O)/C=C/CNC(=O)c1cncc(OCC(F)F)c1. The molecular weight excluding hydrogens is 286 g/mol. The zero-order valence-corrected chi connectivity index (χ0v) is 11.2. The van der Waals surface area contributed by atoms with Gasteiger partial charge in [-0.2, -0.15) is 0 Å². The second-order valence-electron chi connectivity index (χ2n) is 3.75. The third kappa shape index (κ3) is 6.46. The Balaban J connectivity index is 2.52. The summed E-state index contributed by atoms with van der Waals surface area (Å²) in [6.45, 7) is -0.662. The third-order valence-electron chi connectivity index (χ3n) is 2.19. The standard InChI is InChI=1S/C13H14F2N2O4/c1-20-12(18)3-2-4-17-13(19)9-5-10(7-16-6-9)21-8-11(14)15/h2-3,5-7,11H,4,8H2,1H3,(H,17,19)/b3-2+. The number of ether oxygens (including phenoxy) is 2. The Hall–Kier alpha value is -2.51. The first kappa shape index (κ1) is 16.5. The van der Waals surface area contributed by atoms with E-state index >= 15 is 0 Å². The van der Waals surface area contributed by atoms with Crippen LogP contribution in [0, 0.1) is 0 Å². The van der Waals surface area contributed by atoms with Gasteiger partial charge in [-0.1, -0.05) is 6.08 Å². The van der Waals surface area contributed by atoms with Gasteiger partial charge in [0.05, 0.1) is 18.9 Å². The Morgan fingerprint density at radius 3 is 2.86 bits per heavy atom. The minimum absolute atomic E-state index is 0.0769. The van der Waals surface area contributed by atoms with Crippen molar-refractivity contribution in [2.75, 3.05) is 20.3 Å². The van der Waals surface area contributed by atoms with Gasteiger partial charge in [-0.05, 0) is 6.07 Å². The van der Waals surface area contributed by atoms with Crippen LogP contribution < -0.4 is 10.1 Å². The van der Waals surface area contributed by atoms with Gasteiger partial charge in [-0.25, -0.2) is 13.6 Å². The zero-order valence-electron chi connectivity index (χ0n) is 11.2. The molecule has 0 bridgehead atoms. The van der Waals surface area contributed by atoms with Crippen LogP contribution in [-0.4, -0.2) is 43.5 Å². The van der Waals surface area contributed by atoms with Crippen molar-refractivity contribution in [2.45, 2.75) is 6.43 Å². The minimum atomic E-state index is -2.61. The first-order valence-electron chi connectivity index (χ1n) is 5.91. The number of halogens is 2. The number of carbonyl (C=O) groups is 2. The summed E-state index contributed by atoms with van der Waals surface area (Å²) in [5, 5.41) is 2.49. The van der Waals surface area contributed by atoms with Crippen molar-refractivity contribution in [2.24, 2.45) is 0 Å². The normalized spacial score (nSPS) is 10.7. The van der Waals surface area contributed by atoms with E-state index in [1.807, 2.05) is 0 Å².